The van der Waals surface area contributed by atoms with Crippen LogP contribution < -0.4 is 5.32 Å². The maximum Gasteiger partial charge on any atom is 0.0605 e. The Morgan fingerprint density at radius 3 is 2.74 bits per heavy atom. The summed E-state index contributed by atoms with van der Waals surface area (Å²) in [6, 6.07) is 4.81. The molecule has 0 aliphatic heterocycles. The third-order valence-electron chi connectivity index (χ3n) is 5.16. The van der Waals surface area contributed by atoms with Gasteiger partial charge in [-0.05, 0) is 55.7 Å². The Kier molecular flexibility index (Phi) is 4.17. The summed E-state index contributed by atoms with van der Waals surface area (Å²) in [6.07, 6.45) is 11.5. The van der Waals surface area contributed by atoms with Crippen LogP contribution in [0.3, 0.4) is 0 Å². The highest BCUT2D eigenvalue weighted by atomic mass is 15.0. The standard InChI is InChI=1S/C17H26N2/c1-2-13-5-7-14(8-6-13)12-19-16-10-9-15-4-3-11-18-17(15)16/h3-4,11,13-14,16,19H,2,5-10,12H2,1H3. The zero-order chi connectivity index (χ0) is 13.1. The number of fused-ring (bicyclic) bond motifs is 1. The Bertz CT molecular complexity index is 407. The molecule has 0 spiro atoms. The van der Waals surface area contributed by atoms with Crippen molar-refractivity contribution in [3.63, 3.8) is 0 Å². The fourth-order valence-corrected chi connectivity index (χ4v) is 3.76. The predicted octanol–water partition coefficient (Wildman–Crippen LogP) is 3.87. The molecular weight excluding hydrogens is 232 g/mol. The minimum atomic E-state index is 0.514. The van der Waals surface area contributed by atoms with E-state index in [1.165, 1.54) is 62.7 Å². The van der Waals surface area contributed by atoms with Crippen molar-refractivity contribution in [1.29, 1.82) is 0 Å². The molecule has 2 nitrogen and oxygen atoms in total. The molecular formula is C17H26N2. The molecule has 2 aliphatic carbocycles. The summed E-state index contributed by atoms with van der Waals surface area (Å²) < 4.78 is 0. The van der Waals surface area contributed by atoms with Gasteiger partial charge in [-0.25, -0.2) is 0 Å². The Balaban J connectivity index is 1.49. The predicted molar refractivity (Wildman–Crippen MR) is 79.0 cm³/mol. The maximum absolute atomic E-state index is 4.57. The molecule has 1 heterocycles. The van der Waals surface area contributed by atoms with Crippen LogP contribution in [0.2, 0.25) is 0 Å². The van der Waals surface area contributed by atoms with E-state index in [9.17, 15) is 0 Å². The molecule has 3 rings (SSSR count). The van der Waals surface area contributed by atoms with Crippen LogP contribution >= 0.6 is 0 Å². The van der Waals surface area contributed by atoms with E-state index < -0.39 is 0 Å². The van der Waals surface area contributed by atoms with Gasteiger partial charge in [0.2, 0.25) is 0 Å². The molecule has 1 atom stereocenters. The first-order valence-electron chi connectivity index (χ1n) is 8.04. The first-order valence-corrected chi connectivity index (χ1v) is 8.04. The topological polar surface area (TPSA) is 24.9 Å². The van der Waals surface area contributed by atoms with Gasteiger partial charge >= 0.3 is 0 Å². The van der Waals surface area contributed by atoms with Gasteiger partial charge in [-0.3, -0.25) is 4.98 Å². The molecule has 1 aromatic heterocycles. The molecule has 1 fully saturated rings. The fraction of sp³-hybridized carbons (Fsp3) is 0.706. The second kappa shape index (κ2) is 6.04. The molecule has 1 saturated carbocycles. The van der Waals surface area contributed by atoms with Crippen molar-refractivity contribution in [3.8, 4) is 0 Å². The maximum atomic E-state index is 4.57. The van der Waals surface area contributed by atoms with Crippen molar-refractivity contribution in [2.75, 3.05) is 6.54 Å². The van der Waals surface area contributed by atoms with E-state index in [4.69, 9.17) is 0 Å². The quantitative estimate of drug-likeness (QED) is 0.886. The number of hydrogen-bond acceptors (Lipinski definition) is 2. The molecule has 1 aromatic rings. The number of aryl methyl sites for hydroxylation is 1. The molecule has 19 heavy (non-hydrogen) atoms. The van der Waals surface area contributed by atoms with E-state index in [0.29, 0.717) is 6.04 Å². The molecule has 104 valence electrons. The third-order valence-corrected chi connectivity index (χ3v) is 5.16. The lowest BCUT2D eigenvalue weighted by Crippen LogP contribution is -2.29. The summed E-state index contributed by atoms with van der Waals surface area (Å²) in [5.74, 6) is 1.90. The highest BCUT2D eigenvalue weighted by Gasteiger charge is 2.25. The third kappa shape index (κ3) is 3.00. The summed E-state index contributed by atoms with van der Waals surface area (Å²) in [7, 11) is 0. The van der Waals surface area contributed by atoms with Gasteiger partial charge in [-0.2, -0.15) is 0 Å². The average Bonchev–Trinajstić information content (AvgIpc) is 2.89. The second-order valence-corrected chi connectivity index (χ2v) is 6.34. The van der Waals surface area contributed by atoms with E-state index in [0.717, 1.165) is 11.8 Å². The van der Waals surface area contributed by atoms with Crippen molar-refractivity contribution >= 4 is 0 Å². The smallest absolute Gasteiger partial charge is 0.0605 e. The van der Waals surface area contributed by atoms with Gasteiger partial charge in [0.15, 0.2) is 0 Å². The molecule has 2 heteroatoms. The Morgan fingerprint density at radius 2 is 1.95 bits per heavy atom. The van der Waals surface area contributed by atoms with Gasteiger partial charge in [0.05, 0.1) is 11.7 Å². The second-order valence-electron chi connectivity index (χ2n) is 6.34. The number of hydrogen-bond donors (Lipinski definition) is 1. The molecule has 1 N–H and O–H groups in total. The lowest BCUT2D eigenvalue weighted by molar-refractivity contribution is 0.256. The van der Waals surface area contributed by atoms with Crippen molar-refractivity contribution in [3.05, 3.63) is 29.6 Å². The van der Waals surface area contributed by atoms with Crippen LogP contribution in [0.5, 0.6) is 0 Å². The average molecular weight is 258 g/mol. The Morgan fingerprint density at radius 1 is 1.16 bits per heavy atom. The zero-order valence-corrected chi connectivity index (χ0v) is 12.1. The molecule has 2 aliphatic rings. The van der Waals surface area contributed by atoms with Gasteiger partial charge in [0.1, 0.15) is 0 Å². The normalized spacial score (nSPS) is 30.3. The minimum Gasteiger partial charge on any atom is -0.308 e. The van der Waals surface area contributed by atoms with Crippen molar-refractivity contribution in [1.82, 2.24) is 10.3 Å². The van der Waals surface area contributed by atoms with Crippen LogP contribution in [0.25, 0.3) is 0 Å². The SMILES string of the molecule is CCC1CCC(CNC2CCc3cccnc32)CC1. The number of nitrogens with zero attached hydrogens (tertiary/aromatic N) is 1. The van der Waals surface area contributed by atoms with Gasteiger partial charge in [0.25, 0.3) is 0 Å². The van der Waals surface area contributed by atoms with E-state index in [1.807, 2.05) is 6.20 Å². The fourth-order valence-electron chi connectivity index (χ4n) is 3.76. The van der Waals surface area contributed by atoms with E-state index in [1.54, 1.807) is 0 Å². The lowest BCUT2D eigenvalue weighted by Gasteiger charge is -2.29. The van der Waals surface area contributed by atoms with Crippen LogP contribution in [-0.2, 0) is 6.42 Å². The van der Waals surface area contributed by atoms with Gasteiger partial charge < -0.3 is 5.32 Å². The number of pyridine rings is 1. The van der Waals surface area contributed by atoms with Crippen LogP contribution in [0.4, 0.5) is 0 Å². The summed E-state index contributed by atoms with van der Waals surface area (Å²) in [5.41, 5.74) is 2.76. The molecule has 0 amide bonds. The first kappa shape index (κ1) is 13.1. The summed E-state index contributed by atoms with van der Waals surface area (Å²) in [4.78, 5) is 4.57. The molecule has 0 radical (unpaired) electrons. The van der Waals surface area contributed by atoms with Gasteiger partial charge in [-0.15, -0.1) is 0 Å². The van der Waals surface area contributed by atoms with Crippen molar-refractivity contribution in [2.45, 2.75) is 57.9 Å². The van der Waals surface area contributed by atoms with Crippen LogP contribution in [0.1, 0.15) is 62.7 Å². The highest BCUT2D eigenvalue weighted by Crippen LogP contribution is 2.32. The molecule has 0 bridgehead atoms. The largest absolute Gasteiger partial charge is 0.308 e. The van der Waals surface area contributed by atoms with Gasteiger partial charge in [0, 0.05) is 6.20 Å². The first-order chi connectivity index (χ1) is 9.36. The summed E-state index contributed by atoms with van der Waals surface area (Å²) >= 11 is 0. The number of nitrogens with one attached hydrogen (secondary N) is 1. The monoisotopic (exact) mass is 258 g/mol. The van der Waals surface area contributed by atoms with Gasteiger partial charge in [-0.1, -0.05) is 32.3 Å². The highest BCUT2D eigenvalue weighted by molar-refractivity contribution is 5.27. The van der Waals surface area contributed by atoms with Crippen molar-refractivity contribution < 1.29 is 0 Å². The Hall–Kier alpha value is -0.890. The molecule has 0 aromatic carbocycles. The molecule has 1 unspecified atom stereocenters. The summed E-state index contributed by atoms with van der Waals surface area (Å²) in [5, 5.41) is 3.78. The zero-order valence-electron chi connectivity index (χ0n) is 12.1. The van der Waals surface area contributed by atoms with Crippen LogP contribution in [-0.4, -0.2) is 11.5 Å². The minimum absolute atomic E-state index is 0.514. The number of rotatable bonds is 4. The lowest BCUT2D eigenvalue weighted by atomic mass is 9.81. The van der Waals surface area contributed by atoms with E-state index >= 15 is 0 Å². The van der Waals surface area contributed by atoms with E-state index in [-0.39, 0.29) is 0 Å². The number of aromatic nitrogens is 1. The summed E-state index contributed by atoms with van der Waals surface area (Å²) in [6.45, 7) is 3.53. The van der Waals surface area contributed by atoms with Crippen molar-refractivity contribution in [2.24, 2.45) is 11.8 Å². The van der Waals surface area contributed by atoms with Crippen LogP contribution in [0, 0.1) is 11.8 Å². The molecule has 0 saturated heterocycles. The Labute approximate surface area is 117 Å². The van der Waals surface area contributed by atoms with E-state index in [2.05, 4.69) is 29.4 Å². The van der Waals surface area contributed by atoms with Crippen LogP contribution in [0.15, 0.2) is 18.3 Å².